The Hall–Kier alpha value is -0.930. The van der Waals surface area contributed by atoms with E-state index in [0.29, 0.717) is 0 Å². The first kappa shape index (κ1) is 11.1. The molecule has 1 heterocycles. The second-order valence-electron chi connectivity index (χ2n) is 3.40. The lowest BCUT2D eigenvalue weighted by molar-refractivity contribution is 0.617. The van der Waals surface area contributed by atoms with Crippen LogP contribution in [0.2, 0.25) is 0 Å². The molecule has 3 heteroatoms. The van der Waals surface area contributed by atoms with Crippen LogP contribution in [-0.4, -0.2) is 25.1 Å². The van der Waals surface area contributed by atoms with Crippen LogP contribution in [0.15, 0.2) is 18.3 Å². The topological polar surface area (TPSA) is 37.0 Å². The highest BCUT2D eigenvalue weighted by molar-refractivity contribution is 5.17. The molecule has 0 fully saturated rings. The molecule has 0 saturated heterocycles. The van der Waals surface area contributed by atoms with Gasteiger partial charge in [-0.05, 0) is 45.1 Å². The number of pyridine rings is 1. The van der Waals surface area contributed by atoms with Gasteiger partial charge in [-0.1, -0.05) is 6.07 Å². The molecule has 0 aliphatic rings. The van der Waals surface area contributed by atoms with Gasteiger partial charge in [-0.15, -0.1) is 0 Å². The molecule has 0 aliphatic heterocycles. The standard InChI is InChI=1S/C11H19N3/c1-10-5-3-8-14-11(10)9-13-7-4-6-12-2/h3,5,8,12-13H,4,6-7,9H2,1-2H3. The van der Waals surface area contributed by atoms with Crippen molar-refractivity contribution in [3.8, 4) is 0 Å². The molecular formula is C11H19N3. The number of aromatic nitrogens is 1. The van der Waals surface area contributed by atoms with Crippen molar-refractivity contribution in [3.63, 3.8) is 0 Å². The maximum Gasteiger partial charge on any atom is 0.0570 e. The van der Waals surface area contributed by atoms with E-state index in [1.54, 1.807) is 0 Å². The molecule has 0 aromatic carbocycles. The first-order chi connectivity index (χ1) is 6.84. The van der Waals surface area contributed by atoms with Gasteiger partial charge in [-0.2, -0.15) is 0 Å². The highest BCUT2D eigenvalue weighted by Crippen LogP contribution is 2.01. The molecule has 78 valence electrons. The molecule has 0 aliphatic carbocycles. The van der Waals surface area contributed by atoms with Crippen molar-refractivity contribution in [2.75, 3.05) is 20.1 Å². The van der Waals surface area contributed by atoms with Crippen molar-refractivity contribution < 1.29 is 0 Å². The summed E-state index contributed by atoms with van der Waals surface area (Å²) in [5, 5.41) is 6.50. The second-order valence-corrected chi connectivity index (χ2v) is 3.40. The van der Waals surface area contributed by atoms with E-state index in [0.717, 1.165) is 31.7 Å². The molecule has 1 aromatic rings. The van der Waals surface area contributed by atoms with E-state index in [2.05, 4.69) is 28.6 Å². The molecule has 0 spiro atoms. The van der Waals surface area contributed by atoms with Crippen LogP contribution in [0.4, 0.5) is 0 Å². The molecule has 1 rings (SSSR count). The van der Waals surface area contributed by atoms with Crippen LogP contribution >= 0.6 is 0 Å². The van der Waals surface area contributed by atoms with Crippen molar-refractivity contribution in [2.24, 2.45) is 0 Å². The summed E-state index contributed by atoms with van der Waals surface area (Å²) in [6.45, 7) is 5.07. The number of hydrogen-bond acceptors (Lipinski definition) is 3. The summed E-state index contributed by atoms with van der Waals surface area (Å²) >= 11 is 0. The Balaban J connectivity index is 2.21. The van der Waals surface area contributed by atoms with Crippen molar-refractivity contribution >= 4 is 0 Å². The fraction of sp³-hybridized carbons (Fsp3) is 0.545. The number of rotatable bonds is 6. The predicted octanol–water partition coefficient (Wildman–Crippen LogP) is 1.09. The Kier molecular flexibility index (Phi) is 5.19. The van der Waals surface area contributed by atoms with E-state index in [9.17, 15) is 0 Å². The quantitative estimate of drug-likeness (QED) is 0.664. The summed E-state index contributed by atoms with van der Waals surface area (Å²) in [6.07, 6.45) is 3.00. The minimum absolute atomic E-state index is 0.871. The second kappa shape index (κ2) is 6.51. The smallest absolute Gasteiger partial charge is 0.0570 e. The number of nitrogens with one attached hydrogen (secondary N) is 2. The first-order valence-electron chi connectivity index (χ1n) is 5.10. The minimum atomic E-state index is 0.871. The van der Waals surface area contributed by atoms with Crippen molar-refractivity contribution in [1.29, 1.82) is 0 Å². The molecule has 0 radical (unpaired) electrons. The lowest BCUT2D eigenvalue weighted by Crippen LogP contribution is -2.20. The molecule has 0 bridgehead atoms. The maximum atomic E-state index is 4.32. The summed E-state index contributed by atoms with van der Waals surface area (Å²) < 4.78 is 0. The van der Waals surface area contributed by atoms with Gasteiger partial charge in [0.15, 0.2) is 0 Å². The van der Waals surface area contributed by atoms with Gasteiger partial charge in [0.25, 0.3) is 0 Å². The van der Waals surface area contributed by atoms with Gasteiger partial charge < -0.3 is 10.6 Å². The maximum absolute atomic E-state index is 4.32. The summed E-state index contributed by atoms with van der Waals surface area (Å²) in [6, 6.07) is 4.07. The van der Waals surface area contributed by atoms with Crippen LogP contribution < -0.4 is 10.6 Å². The molecular weight excluding hydrogens is 174 g/mol. The van der Waals surface area contributed by atoms with Crippen molar-refractivity contribution in [3.05, 3.63) is 29.6 Å². The monoisotopic (exact) mass is 193 g/mol. The van der Waals surface area contributed by atoms with Crippen LogP contribution in [0, 0.1) is 6.92 Å². The third kappa shape index (κ3) is 3.85. The Labute approximate surface area is 85.9 Å². The zero-order chi connectivity index (χ0) is 10.2. The molecule has 2 N–H and O–H groups in total. The largest absolute Gasteiger partial charge is 0.320 e. The zero-order valence-electron chi connectivity index (χ0n) is 9.01. The Bertz CT molecular complexity index is 260. The van der Waals surface area contributed by atoms with Gasteiger partial charge in [0.05, 0.1) is 5.69 Å². The van der Waals surface area contributed by atoms with E-state index in [-0.39, 0.29) is 0 Å². The highest BCUT2D eigenvalue weighted by Gasteiger charge is 1.96. The lowest BCUT2D eigenvalue weighted by Gasteiger charge is -2.06. The van der Waals surface area contributed by atoms with E-state index < -0.39 is 0 Å². The van der Waals surface area contributed by atoms with Gasteiger partial charge in [0, 0.05) is 12.7 Å². The molecule has 1 aromatic heterocycles. The van der Waals surface area contributed by atoms with Crippen LogP contribution in [0.5, 0.6) is 0 Å². The first-order valence-corrected chi connectivity index (χ1v) is 5.10. The van der Waals surface area contributed by atoms with Gasteiger partial charge in [0.1, 0.15) is 0 Å². The number of nitrogens with zero attached hydrogens (tertiary/aromatic N) is 1. The molecule has 14 heavy (non-hydrogen) atoms. The van der Waals surface area contributed by atoms with Crippen LogP contribution in [-0.2, 0) is 6.54 Å². The summed E-state index contributed by atoms with van der Waals surface area (Å²) in [7, 11) is 1.98. The lowest BCUT2D eigenvalue weighted by atomic mass is 10.2. The van der Waals surface area contributed by atoms with Gasteiger partial charge in [-0.3, -0.25) is 4.98 Å². The van der Waals surface area contributed by atoms with E-state index in [1.165, 1.54) is 5.56 Å². The molecule has 3 nitrogen and oxygen atoms in total. The fourth-order valence-electron chi connectivity index (χ4n) is 1.30. The van der Waals surface area contributed by atoms with Crippen LogP contribution in [0.3, 0.4) is 0 Å². The van der Waals surface area contributed by atoms with E-state index in [1.807, 2.05) is 19.3 Å². The van der Waals surface area contributed by atoms with E-state index >= 15 is 0 Å². The summed E-state index contributed by atoms with van der Waals surface area (Å²) in [4.78, 5) is 4.32. The number of hydrogen-bond donors (Lipinski definition) is 2. The van der Waals surface area contributed by atoms with Crippen LogP contribution in [0.1, 0.15) is 17.7 Å². The third-order valence-corrected chi connectivity index (χ3v) is 2.19. The normalized spacial score (nSPS) is 10.4. The molecule has 0 unspecified atom stereocenters. The fourth-order valence-corrected chi connectivity index (χ4v) is 1.30. The van der Waals surface area contributed by atoms with Gasteiger partial charge >= 0.3 is 0 Å². The van der Waals surface area contributed by atoms with Gasteiger partial charge in [-0.25, -0.2) is 0 Å². The molecule has 0 amide bonds. The average molecular weight is 193 g/mol. The SMILES string of the molecule is CNCCCNCc1ncccc1C. The molecule has 0 atom stereocenters. The zero-order valence-corrected chi connectivity index (χ0v) is 9.01. The minimum Gasteiger partial charge on any atom is -0.320 e. The molecule has 0 saturated carbocycles. The van der Waals surface area contributed by atoms with Gasteiger partial charge in [0.2, 0.25) is 0 Å². The Morgan fingerprint density at radius 1 is 1.36 bits per heavy atom. The van der Waals surface area contributed by atoms with Crippen molar-refractivity contribution in [2.45, 2.75) is 19.9 Å². The predicted molar refractivity (Wildman–Crippen MR) is 59.2 cm³/mol. The third-order valence-electron chi connectivity index (χ3n) is 2.19. The Morgan fingerprint density at radius 2 is 2.21 bits per heavy atom. The average Bonchev–Trinajstić information content (AvgIpc) is 2.20. The van der Waals surface area contributed by atoms with Crippen molar-refractivity contribution in [1.82, 2.24) is 15.6 Å². The summed E-state index contributed by atoms with van der Waals surface area (Å²) in [5.74, 6) is 0. The summed E-state index contributed by atoms with van der Waals surface area (Å²) in [5.41, 5.74) is 2.41. The number of aryl methyl sites for hydroxylation is 1. The highest BCUT2D eigenvalue weighted by atomic mass is 14.9. The van der Waals surface area contributed by atoms with E-state index in [4.69, 9.17) is 0 Å². The Morgan fingerprint density at radius 3 is 2.93 bits per heavy atom. The van der Waals surface area contributed by atoms with Crippen LogP contribution in [0.25, 0.3) is 0 Å².